The van der Waals surface area contributed by atoms with Crippen molar-refractivity contribution in [3.63, 3.8) is 0 Å². The number of benzene rings is 1. The lowest BCUT2D eigenvalue weighted by molar-refractivity contribution is -0.121. The minimum atomic E-state index is -0.177. The Bertz CT molecular complexity index is 509. The van der Waals surface area contributed by atoms with Crippen LogP contribution in [-0.2, 0) is 4.79 Å². The molecule has 0 bridgehead atoms. The van der Waals surface area contributed by atoms with Gasteiger partial charge in [-0.2, -0.15) is 5.26 Å². The molecule has 1 heterocycles. The quantitative estimate of drug-likeness (QED) is 0.887. The predicted octanol–water partition coefficient (Wildman–Crippen LogP) is 1.93. The Morgan fingerprint density at radius 2 is 2.33 bits per heavy atom. The second-order valence-electron chi connectivity index (χ2n) is 4.25. The fourth-order valence-electron chi connectivity index (χ4n) is 2.20. The van der Waals surface area contributed by atoms with Crippen molar-refractivity contribution in [1.29, 1.82) is 5.26 Å². The average molecular weight is 264 g/mol. The van der Waals surface area contributed by atoms with E-state index in [-0.39, 0.29) is 11.9 Å². The second-order valence-corrected chi connectivity index (χ2v) is 4.68. The number of nitrogens with zero attached hydrogens (tertiary/aromatic N) is 2. The van der Waals surface area contributed by atoms with Crippen LogP contribution in [0.1, 0.15) is 18.4 Å². The number of likely N-dealkylation sites (N-methyl/N-ethyl adjacent to an activating group) is 1. The number of nitrogens with one attached hydrogen (secondary N) is 1. The lowest BCUT2D eigenvalue weighted by Gasteiger charge is -2.32. The molecule has 94 valence electrons. The van der Waals surface area contributed by atoms with Crippen LogP contribution in [0.15, 0.2) is 18.2 Å². The van der Waals surface area contributed by atoms with Gasteiger partial charge in [-0.1, -0.05) is 11.6 Å². The number of rotatable bonds is 2. The number of carbonyl (C=O) groups is 1. The van der Waals surface area contributed by atoms with E-state index < -0.39 is 0 Å². The first-order chi connectivity index (χ1) is 8.67. The highest BCUT2D eigenvalue weighted by atomic mass is 35.5. The zero-order chi connectivity index (χ0) is 13.1. The largest absolute Gasteiger partial charge is 0.310 e. The molecule has 1 amide bonds. The van der Waals surface area contributed by atoms with Crippen molar-refractivity contribution < 1.29 is 4.79 Å². The summed E-state index contributed by atoms with van der Waals surface area (Å²) in [5, 5.41) is 12.6. The predicted molar refractivity (Wildman–Crippen MR) is 70.6 cm³/mol. The van der Waals surface area contributed by atoms with Gasteiger partial charge in [-0.15, -0.1) is 0 Å². The Labute approximate surface area is 111 Å². The molecule has 1 saturated heterocycles. The summed E-state index contributed by atoms with van der Waals surface area (Å²) in [5.74, 6) is 0.00233. The van der Waals surface area contributed by atoms with Gasteiger partial charge in [0.1, 0.15) is 6.07 Å². The van der Waals surface area contributed by atoms with Gasteiger partial charge in [-0.25, -0.2) is 0 Å². The first-order valence-electron chi connectivity index (χ1n) is 5.85. The molecular formula is C13H14ClN3O. The second kappa shape index (κ2) is 5.38. The van der Waals surface area contributed by atoms with Gasteiger partial charge in [0.25, 0.3) is 0 Å². The van der Waals surface area contributed by atoms with E-state index in [9.17, 15) is 4.79 Å². The minimum absolute atomic E-state index is 0.00233. The maximum atomic E-state index is 12.2. The first kappa shape index (κ1) is 12.9. The number of anilines is 1. The maximum absolute atomic E-state index is 12.2. The van der Waals surface area contributed by atoms with Crippen LogP contribution in [0.5, 0.6) is 0 Å². The highest BCUT2D eigenvalue weighted by Gasteiger charge is 2.29. The monoisotopic (exact) mass is 263 g/mol. The van der Waals surface area contributed by atoms with Gasteiger partial charge in [0, 0.05) is 11.6 Å². The molecule has 1 fully saturated rings. The number of piperidine rings is 1. The van der Waals surface area contributed by atoms with Gasteiger partial charge in [0.15, 0.2) is 0 Å². The topological polar surface area (TPSA) is 56.1 Å². The zero-order valence-corrected chi connectivity index (χ0v) is 10.9. The molecule has 1 aromatic carbocycles. The zero-order valence-electron chi connectivity index (χ0n) is 10.1. The molecule has 0 saturated carbocycles. The number of carbonyl (C=O) groups excluding carboxylic acids is 1. The summed E-state index contributed by atoms with van der Waals surface area (Å²) in [6.45, 7) is 0.631. The summed E-state index contributed by atoms with van der Waals surface area (Å²) in [5.41, 5.74) is 1.08. The number of nitriles is 1. The third-order valence-electron chi connectivity index (χ3n) is 3.16. The number of halogens is 1. The Kier molecular flexibility index (Phi) is 3.85. The van der Waals surface area contributed by atoms with E-state index in [0.29, 0.717) is 22.8 Å². The molecule has 1 aliphatic heterocycles. The van der Waals surface area contributed by atoms with Crippen LogP contribution in [0.2, 0.25) is 5.02 Å². The van der Waals surface area contributed by atoms with Crippen molar-refractivity contribution in [2.24, 2.45) is 0 Å². The summed E-state index contributed by atoms with van der Waals surface area (Å²) in [6.07, 6.45) is 1.74. The summed E-state index contributed by atoms with van der Waals surface area (Å²) >= 11 is 5.95. The van der Waals surface area contributed by atoms with Gasteiger partial charge < -0.3 is 10.2 Å². The van der Waals surface area contributed by atoms with E-state index in [4.69, 9.17) is 16.9 Å². The Hall–Kier alpha value is -1.57. The van der Waals surface area contributed by atoms with E-state index in [2.05, 4.69) is 11.4 Å². The Balaban J connectivity index is 2.39. The lowest BCUT2D eigenvalue weighted by Crippen LogP contribution is -2.50. The fraction of sp³-hybridized carbons (Fsp3) is 0.385. The third kappa shape index (κ3) is 2.33. The molecule has 1 aromatic rings. The van der Waals surface area contributed by atoms with Crippen molar-refractivity contribution in [3.8, 4) is 6.07 Å². The number of hydrogen-bond acceptors (Lipinski definition) is 3. The molecule has 4 nitrogen and oxygen atoms in total. The van der Waals surface area contributed by atoms with Gasteiger partial charge in [-0.3, -0.25) is 4.79 Å². The van der Waals surface area contributed by atoms with Gasteiger partial charge in [0.05, 0.1) is 17.3 Å². The number of amides is 1. The summed E-state index contributed by atoms with van der Waals surface area (Å²) in [7, 11) is 1.77. The molecule has 5 heteroatoms. The van der Waals surface area contributed by atoms with E-state index in [1.807, 2.05) is 0 Å². The fourth-order valence-corrected chi connectivity index (χ4v) is 2.37. The molecule has 1 unspecified atom stereocenters. The highest BCUT2D eigenvalue weighted by molar-refractivity contribution is 6.31. The van der Waals surface area contributed by atoms with Crippen LogP contribution >= 0.6 is 11.6 Å². The molecular weight excluding hydrogens is 250 g/mol. The average Bonchev–Trinajstić information content (AvgIpc) is 2.39. The minimum Gasteiger partial charge on any atom is -0.310 e. The first-order valence-corrected chi connectivity index (χ1v) is 6.23. The van der Waals surface area contributed by atoms with Gasteiger partial charge >= 0.3 is 0 Å². The molecule has 0 aliphatic carbocycles. The molecule has 18 heavy (non-hydrogen) atoms. The van der Waals surface area contributed by atoms with Gasteiger partial charge in [0.2, 0.25) is 5.91 Å². The van der Waals surface area contributed by atoms with E-state index in [0.717, 1.165) is 12.8 Å². The normalized spacial score (nSPS) is 19.7. The van der Waals surface area contributed by atoms with Crippen molar-refractivity contribution in [2.45, 2.75) is 18.9 Å². The smallest absolute Gasteiger partial charge is 0.244 e. The third-order valence-corrected chi connectivity index (χ3v) is 3.39. The standard InChI is InChI=1S/C13H14ClN3O/c1-16-11-3-2-6-17(13(11)18)12-7-10(14)5-4-9(12)8-15/h4-5,7,11,16H,2-3,6H2,1H3. The molecule has 0 radical (unpaired) electrons. The lowest BCUT2D eigenvalue weighted by atomic mass is 10.0. The summed E-state index contributed by atoms with van der Waals surface area (Å²) in [6, 6.07) is 6.91. The van der Waals surface area contributed by atoms with E-state index in [1.165, 1.54) is 0 Å². The van der Waals surface area contributed by atoms with Crippen LogP contribution in [0, 0.1) is 11.3 Å². The molecule has 1 N–H and O–H groups in total. The van der Waals surface area contributed by atoms with Crippen LogP contribution in [0.3, 0.4) is 0 Å². The summed E-state index contributed by atoms with van der Waals surface area (Å²) in [4.78, 5) is 13.9. The molecule has 0 spiro atoms. The van der Waals surface area contributed by atoms with Crippen LogP contribution in [0.4, 0.5) is 5.69 Å². The summed E-state index contributed by atoms with van der Waals surface area (Å²) < 4.78 is 0. The van der Waals surface area contributed by atoms with Crippen LogP contribution in [0.25, 0.3) is 0 Å². The molecule has 1 aliphatic rings. The van der Waals surface area contributed by atoms with Crippen LogP contribution in [-0.4, -0.2) is 25.5 Å². The van der Waals surface area contributed by atoms with E-state index >= 15 is 0 Å². The Morgan fingerprint density at radius 1 is 1.56 bits per heavy atom. The SMILES string of the molecule is CNC1CCCN(c2cc(Cl)ccc2C#N)C1=O. The highest BCUT2D eigenvalue weighted by Crippen LogP contribution is 2.27. The van der Waals surface area contributed by atoms with E-state index in [1.54, 1.807) is 30.1 Å². The molecule has 1 atom stereocenters. The van der Waals surface area contributed by atoms with Gasteiger partial charge in [-0.05, 0) is 38.1 Å². The molecule has 2 rings (SSSR count). The maximum Gasteiger partial charge on any atom is 0.244 e. The van der Waals surface area contributed by atoms with Crippen LogP contribution < -0.4 is 10.2 Å². The van der Waals surface area contributed by atoms with Crippen molar-refractivity contribution in [3.05, 3.63) is 28.8 Å². The van der Waals surface area contributed by atoms with Crippen molar-refractivity contribution in [2.75, 3.05) is 18.5 Å². The van der Waals surface area contributed by atoms with Crippen molar-refractivity contribution in [1.82, 2.24) is 5.32 Å². The number of hydrogen-bond donors (Lipinski definition) is 1. The Morgan fingerprint density at radius 3 is 3.00 bits per heavy atom. The van der Waals surface area contributed by atoms with Crippen molar-refractivity contribution >= 4 is 23.2 Å². The molecule has 0 aromatic heterocycles.